The van der Waals surface area contributed by atoms with E-state index in [1.165, 1.54) is 5.56 Å². The van der Waals surface area contributed by atoms with Crippen molar-refractivity contribution < 1.29 is 9.59 Å². The van der Waals surface area contributed by atoms with Crippen LogP contribution >= 0.6 is 0 Å². The van der Waals surface area contributed by atoms with Crippen LogP contribution in [0.2, 0.25) is 0 Å². The molecule has 0 aromatic heterocycles. The third kappa shape index (κ3) is 5.90. The fourth-order valence-electron chi connectivity index (χ4n) is 2.64. The zero-order valence-corrected chi connectivity index (χ0v) is 13.8. The van der Waals surface area contributed by atoms with Crippen LogP contribution in [0.25, 0.3) is 0 Å². The Kier molecular flexibility index (Phi) is 6.87. The van der Waals surface area contributed by atoms with E-state index in [9.17, 15) is 9.59 Å². The lowest BCUT2D eigenvalue weighted by molar-refractivity contribution is -0.122. The van der Waals surface area contributed by atoms with Gasteiger partial charge in [-0.3, -0.25) is 9.69 Å². The van der Waals surface area contributed by atoms with Gasteiger partial charge >= 0.3 is 6.03 Å². The number of benzene rings is 1. The Morgan fingerprint density at radius 1 is 1.04 bits per heavy atom. The molecule has 0 aliphatic carbocycles. The van der Waals surface area contributed by atoms with Crippen LogP contribution in [0.5, 0.6) is 0 Å². The maximum absolute atomic E-state index is 12.1. The number of urea groups is 1. The number of carbonyl (C=O) groups excluding carboxylic acids is 2. The smallest absolute Gasteiger partial charge is 0.317 e. The lowest BCUT2D eigenvalue weighted by atomic mass is 10.1. The third-order valence-electron chi connectivity index (χ3n) is 3.93. The zero-order chi connectivity index (χ0) is 16.5. The molecule has 0 unspecified atom stereocenters. The molecule has 1 saturated heterocycles. The average Bonchev–Trinajstić information content (AvgIpc) is 2.56. The summed E-state index contributed by atoms with van der Waals surface area (Å²) < 4.78 is 0. The Morgan fingerprint density at radius 2 is 1.74 bits per heavy atom. The molecular weight excluding hydrogens is 292 g/mol. The molecule has 0 radical (unpaired) electrons. The van der Waals surface area contributed by atoms with Crippen molar-refractivity contribution in [2.75, 3.05) is 45.8 Å². The van der Waals surface area contributed by atoms with Crippen molar-refractivity contribution in [1.82, 2.24) is 20.4 Å². The minimum atomic E-state index is -0.0152. The number of rotatable bonds is 6. The van der Waals surface area contributed by atoms with Crippen molar-refractivity contribution in [2.45, 2.75) is 13.3 Å². The molecular formula is C17H26N4O2. The fourth-order valence-corrected chi connectivity index (χ4v) is 2.64. The van der Waals surface area contributed by atoms with Crippen molar-refractivity contribution in [3.05, 3.63) is 35.9 Å². The Hall–Kier alpha value is -2.08. The van der Waals surface area contributed by atoms with E-state index in [4.69, 9.17) is 0 Å². The molecule has 2 N–H and O–H groups in total. The first-order valence-electron chi connectivity index (χ1n) is 8.24. The quantitative estimate of drug-likeness (QED) is 0.811. The molecule has 6 heteroatoms. The largest absolute Gasteiger partial charge is 0.355 e. The minimum Gasteiger partial charge on any atom is -0.355 e. The molecule has 126 valence electrons. The lowest BCUT2D eigenvalue weighted by Gasteiger charge is -2.34. The van der Waals surface area contributed by atoms with Gasteiger partial charge in [-0.15, -0.1) is 0 Å². The molecule has 2 rings (SSSR count). The van der Waals surface area contributed by atoms with Crippen LogP contribution in [-0.2, 0) is 11.2 Å². The molecule has 6 nitrogen and oxygen atoms in total. The van der Waals surface area contributed by atoms with Crippen molar-refractivity contribution in [1.29, 1.82) is 0 Å². The molecule has 23 heavy (non-hydrogen) atoms. The fraction of sp³-hybridized carbons (Fsp3) is 0.529. The van der Waals surface area contributed by atoms with Gasteiger partial charge in [-0.25, -0.2) is 4.79 Å². The first kappa shape index (κ1) is 17.3. The van der Waals surface area contributed by atoms with E-state index in [1.807, 2.05) is 30.0 Å². The Morgan fingerprint density at radius 3 is 2.39 bits per heavy atom. The Bertz CT molecular complexity index is 499. The summed E-state index contributed by atoms with van der Waals surface area (Å²) in [6, 6.07) is 10.1. The highest BCUT2D eigenvalue weighted by Crippen LogP contribution is 2.02. The van der Waals surface area contributed by atoms with Crippen LogP contribution < -0.4 is 10.6 Å². The highest BCUT2D eigenvalue weighted by atomic mass is 16.2. The summed E-state index contributed by atoms with van der Waals surface area (Å²) in [6.45, 7) is 6.43. The van der Waals surface area contributed by atoms with Crippen molar-refractivity contribution >= 4 is 11.9 Å². The number of likely N-dealkylation sites (N-methyl/N-ethyl adjacent to an activating group) is 1. The zero-order valence-electron chi connectivity index (χ0n) is 13.8. The summed E-state index contributed by atoms with van der Waals surface area (Å²) >= 11 is 0. The average molecular weight is 318 g/mol. The molecule has 3 amide bonds. The summed E-state index contributed by atoms with van der Waals surface area (Å²) in [5.41, 5.74) is 1.22. The minimum absolute atomic E-state index is 0.0152. The number of hydrogen-bond donors (Lipinski definition) is 2. The molecule has 0 atom stereocenters. The van der Waals surface area contributed by atoms with Gasteiger partial charge in [-0.2, -0.15) is 0 Å². The predicted octanol–water partition coefficient (Wildman–Crippen LogP) is 0.692. The molecule has 1 aliphatic rings. The van der Waals surface area contributed by atoms with Crippen molar-refractivity contribution in [3.8, 4) is 0 Å². The lowest BCUT2D eigenvalue weighted by Crippen LogP contribution is -2.53. The standard InChI is InChI=1S/C17H26N4O2/c1-2-18-16(22)14-20-10-12-21(13-11-20)17(23)19-9-8-15-6-4-3-5-7-15/h3-7H,2,8-14H2,1H3,(H,18,22)(H,19,23). The molecule has 0 saturated carbocycles. The van der Waals surface area contributed by atoms with Gasteiger partial charge < -0.3 is 15.5 Å². The van der Waals surface area contributed by atoms with Crippen LogP contribution in [-0.4, -0.2) is 67.6 Å². The number of amides is 3. The van der Waals surface area contributed by atoms with Crippen LogP contribution in [0.4, 0.5) is 4.79 Å². The van der Waals surface area contributed by atoms with E-state index >= 15 is 0 Å². The van der Waals surface area contributed by atoms with Gasteiger partial charge in [0, 0.05) is 39.3 Å². The van der Waals surface area contributed by atoms with Crippen molar-refractivity contribution in [3.63, 3.8) is 0 Å². The van der Waals surface area contributed by atoms with E-state index in [-0.39, 0.29) is 11.9 Å². The third-order valence-corrected chi connectivity index (χ3v) is 3.93. The van der Waals surface area contributed by atoms with E-state index in [1.54, 1.807) is 0 Å². The van der Waals surface area contributed by atoms with Gasteiger partial charge in [-0.1, -0.05) is 30.3 Å². The SMILES string of the molecule is CCNC(=O)CN1CCN(C(=O)NCCc2ccccc2)CC1. The van der Waals surface area contributed by atoms with Crippen LogP contribution in [0.1, 0.15) is 12.5 Å². The van der Waals surface area contributed by atoms with Crippen LogP contribution in [0, 0.1) is 0 Å². The van der Waals surface area contributed by atoms with E-state index in [2.05, 4.69) is 27.7 Å². The van der Waals surface area contributed by atoms with Gasteiger partial charge in [0.25, 0.3) is 0 Å². The van der Waals surface area contributed by atoms with E-state index in [0.29, 0.717) is 32.7 Å². The summed E-state index contributed by atoms with van der Waals surface area (Å²) in [6.07, 6.45) is 0.837. The highest BCUT2D eigenvalue weighted by Gasteiger charge is 2.21. The molecule has 1 aromatic carbocycles. The summed E-state index contributed by atoms with van der Waals surface area (Å²) in [5, 5.41) is 5.76. The summed E-state index contributed by atoms with van der Waals surface area (Å²) in [4.78, 5) is 27.6. The number of carbonyl (C=O) groups is 2. The van der Waals surface area contributed by atoms with Gasteiger partial charge in [0.05, 0.1) is 6.54 Å². The molecule has 1 aliphatic heterocycles. The van der Waals surface area contributed by atoms with Gasteiger partial charge in [0.15, 0.2) is 0 Å². The second-order valence-electron chi connectivity index (χ2n) is 5.68. The van der Waals surface area contributed by atoms with Gasteiger partial charge in [0.2, 0.25) is 5.91 Å². The number of nitrogens with zero attached hydrogens (tertiary/aromatic N) is 2. The number of hydrogen-bond acceptors (Lipinski definition) is 3. The Balaban J connectivity index is 1.64. The Labute approximate surface area is 137 Å². The molecule has 1 aromatic rings. The van der Waals surface area contributed by atoms with Gasteiger partial charge in [-0.05, 0) is 18.9 Å². The molecule has 1 fully saturated rings. The number of piperazine rings is 1. The molecule has 0 bridgehead atoms. The predicted molar refractivity (Wildman–Crippen MR) is 90.2 cm³/mol. The normalized spacial score (nSPS) is 15.3. The van der Waals surface area contributed by atoms with Gasteiger partial charge in [0.1, 0.15) is 0 Å². The maximum atomic E-state index is 12.1. The maximum Gasteiger partial charge on any atom is 0.317 e. The molecule has 0 spiro atoms. The van der Waals surface area contributed by atoms with Crippen molar-refractivity contribution in [2.24, 2.45) is 0 Å². The first-order chi connectivity index (χ1) is 11.2. The summed E-state index contributed by atoms with van der Waals surface area (Å²) in [7, 11) is 0. The first-order valence-corrected chi connectivity index (χ1v) is 8.24. The second-order valence-corrected chi connectivity index (χ2v) is 5.68. The summed E-state index contributed by atoms with van der Waals surface area (Å²) in [5.74, 6) is 0.0493. The second kappa shape index (κ2) is 9.15. The highest BCUT2D eigenvalue weighted by molar-refractivity contribution is 5.78. The van der Waals surface area contributed by atoms with Crippen LogP contribution in [0.15, 0.2) is 30.3 Å². The van der Waals surface area contributed by atoms with E-state index < -0.39 is 0 Å². The van der Waals surface area contributed by atoms with E-state index in [0.717, 1.165) is 19.5 Å². The van der Waals surface area contributed by atoms with Crippen LogP contribution in [0.3, 0.4) is 0 Å². The number of nitrogens with one attached hydrogen (secondary N) is 2. The monoisotopic (exact) mass is 318 g/mol. The molecule has 1 heterocycles. The topological polar surface area (TPSA) is 64.7 Å².